The molecule has 0 spiro atoms. The summed E-state index contributed by atoms with van der Waals surface area (Å²) in [6.45, 7) is 2.44. The minimum Gasteiger partial charge on any atom is -0.477 e. The highest BCUT2D eigenvalue weighted by molar-refractivity contribution is 6.03. The molecule has 0 saturated heterocycles. The molecule has 6 heteroatoms. The van der Waals surface area contributed by atoms with Crippen LogP contribution >= 0.6 is 0 Å². The molecule has 4 aromatic rings. The van der Waals surface area contributed by atoms with Crippen LogP contribution in [0.5, 0.6) is 0 Å². The zero-order valence-corrected chi connectivity index (χ0v) is 18.1. The van der Waals surface area contributed by atoms with Crippen LogP contribution in [0, 0.1) is 6.92 Å². The van der Waals surface area contributed by atoms with Crippen molar-refractivity contribution in [2.24, 2.45) is 0 Å². The van der Waals surface area contributed by atoms with Crippen molar-refractivity contribution in [3.8, 4) is 11.3 Å². The first kappa shape index (κ1) is 21.8. The minimum atomic E-state index is -1.23. The quantitative estimate of drug-likeness (QED) is 0.408. The van der Waals surface area contributed by atoms with E-state index < -0.39 is 11.9 Å². The van der Waals surface area contributed by atoms with E-state index >= 15 is 0 Å². The van der Waals surface area contributed by atoms with Gasteiger partial charge in [0.15, 0.2) is 0 Å². The number of nitrogens with zero attached hydrogens (tertiary/aromatic N) is 2. The number of carbonyl (C=O) groups excluding carboxylic acids is 1. The minimum absolute atomic E-state index is 0.219. The highest BCUT2D eigenvalue weighted by atomic mass is 16.4. The fourth-order valence-electron chi connectivity index (χ4n) is 3.53. The van der Waals surface area contributed by atoms with E-state index in [1.165, 1.54) is 6.08 Å². The van der Waals surface area contributed by atoms with E-state index in [1.54, 1.807) is 30.3 Å². The van der Waals surface area contributed by atoms with Crippen LogP contribution in [0.25, 0.3) is 17.3 Å². The van der Waals surface area contributed by atoms with E-state index in [0.29, 0.717) is 23.4 Å². The molecule has 0 atom stereocenters. The Morgan fingerprint density at radius 1 is 0.909 bits per heavy atom. The van der Waals surface area contributed by atoms with Crippen LogP contribution < -0.4 is 5.32 Å². The third-order valence-electron chi connectivity index (χ3n) is 5.28. The SMILES string of the molecule is Cc1c(/C=C(/NC(=O)c2ccccc2)C(=O)O)c(-c2ccccc2)nn1Cc1ccccc1. The number of amides is 1. The zero-order chi connectivity index (χ0) is 23.2. The Hall–Kier alpha value is -4.45. The van der Waals surface area contributed by atoms with E-state index in [-0.39, 0.29) is 5.70 Å². The number of carboxylic acid groups (broad SMARTS) is 1. The number of hydrogen-bond donors (Lipinski definition) is 2. The van der Waals surface area contributed by atoms with Crippen LogP contribution in [0.2, 0.25) is 0 Å². The number of aliphatic carboxylic acids is 1. The highest BCUT2D eigenvalue weighted by Gasteiger charge is 2.19. The molecule has 1 amide bonds. The van der Waals surface area contributed by atoms with E-state index in [4.69, 9.17) is 5.10 Å². The Labute approximate surface area is 191 Å². The Bertz CT molecular complexity index is 1290. The van der Waals surface area contributed by atoms with E-state index in [9.17, 15) is 14.7 Å². The largest absolute Gasteiger partial charge is 0.477 e. The summed E-state index contributed by atoms with van der Waals surface area (Å²) in [5.41, 5.74) is 4.18. The second kappa shape index (κ2) is 9.78. The fraction of sp³-hybridized carbons (Fsp3) is 0.0741. The lowest BCUT2D eigenvalue weighted by molar-refractivity contribution is -0.132. The predicted octanol–water partition coefficient (Wildman–Crippen LogP) is 4.76. The van der Waals surface area contributed by atoms with Crippen molar-refractivity contribution in [3.63, 3.8) is 0 Å². The Kier molecular flexibility index (Phi) is 6.45. The first-order chi connectivity index (χ1) is 16.0. The van der Waals surface area contributed by atoms with Gasteiger partial charge < -0.3 is 10.4 Å². The summed E-state index contributed by atoms with van der Waals surface area (Å²) < 4.78 is 1.85. The van der Waals surface area contributed by atoms with Crippen molar-refractivity contribution in [1.82, 2.24) is 15.1 Å². The van der Waals surface area contributed by atoms with Crippen LogP contribution in [0.1, 0.15) is 27.2 Å². The summed E-state index contributed by atoms with van der Waals surface area (Å²) in [5, 5.41) is 17.1. The molecule has 0 fully saturated rings. The maximum absolute atomic E-state index is 12.6. The van der Waals surface area contributed by atoms with Crippen molar-refractivity contribution in [1.29, 1.82) is 0 Å². The van der Waals surface area contributed by atoms with Gasteiger partial charge in [-0.2, -0.15) is 5.10 Å². The number of carboxylic acids is 1. The standard InChI is InChI=1S/C27H23N3O3/c1-19-23(17-24(27(32)33)28-26(31)22-15-9-4-10-16-22)25(21-13-7-3-8-14-21)29-30(19)18-20-11-5-2-6-12-20/h2-17H,18H2,1H3,(H,28,31)(H,32,33)/b24-17+. The van der Waals surface area contributed by atoms with Crippen LogP contribution in [-0.4, -0.2) is 26.8 Å². The Balaban J connectivity index is 1.77. The molecule has 0 saturated carbocycles. The highest BCUT2D eigenvalue weighted by Crippen LogP contribution is 2.28. The second-order valence-corrected chi connectivity index (χ2v) is 7.54. The first-order valence-corrected chi connectivity index (χ1v) is 10.5. The van der Waals surface area contributed by atoms with Gasteiger partial charge in [-0.05, 0) is 30.7 Å². The van der Waals surface area contributed by atoms with Crippen molar-refractivity contribution in [3.05, 3.63) is 119 Å². The molecule has 164 valence electrons. The molecule has 0 radical (unpaired) electrons. The van der Waals surface area contributed by atoms with Gasteiger partial charge in [0.1, 0.15) is 5.70 Å². The van der Waals surface area contributed by atoms with Gasteiger partial charge in [0.2, 0.25) is 0 Å². The molecule has 3 aromatic carbocycles. The molecule has 0 aliphatic heterocycles. The zero-order valence-electron chi connectivity index (χ0n) is 18.1. The van der Waals surface area contributed by atoms with E-state index in [0.717, 1.165) is 16.8 Å². The topological polar surface area (TPSA) is 84.2 Å². The molecule has 0 aliphatic carbocycles. The Morgan fingerprint density at radius 2 is 1.48 bits per heavy atom. The summed E-state index contributed by atoms with van der Waals surface area (Å²) in [4.78, 5) is 24.6. The van der Waals surface area contributed by atoms with Crippen molar-refractivity contribution in [2.45, 2.75) is 13.5 Å². The number of nitrogens with one attached hydrogen (secondary N) is 1. The molecule has 6 nitrogen and oxygen atoms in total. The first-order valence-electron chi connectivity index (χ1n) is 10.5. The average molecular weight is 437 g/mol. The number of hydrogen-bond acceptors (Lipinski definition) is 3. The monoisotopic (exact) mass is 437 g/mol. The maximum Gasteiger partial charge on any atom is 0.352 e. The normalized spacial score (nSPS) is 11.2. The van der Waals surface area contributed by atoms with Gasteiger partial charge in [-0.3, -0.25) is 9.48 Å². The second-order valence-electron chi connectivity index (χ2n) is 7.54. The summed E-state index contributed by atoms with van der Waals surface area (Å²) >= 11 is 0. The average Bonchev–Trinajstić information content (AvgIpc) is 3.15. The van der Waals surface area contributed by atoms with Crippen molar-refractivity contribution in [2.75, 3.05) is 0 Å². The summed E-state index contributed by atoms with van der Waals surface area (Å²) in [6, 6.07) is 28.0. The predicted molar refractivity (Wildman–Crippen MR) is 127 cm³/mol. The summed E-state index contributed by atoms with van der Waals surface area (Å²) in [7, 11) is 0. The molecule has 0 unspecified atom stereocenters. The molecule has 33 heavy (non-hydrogen) atoms. The van der Waals surface area contributed by atoms with E-state index in [2.05, 4.69) is 5.32 Å². The lowest BCUT2D eigenvalue weighted by atomic mass is 10.0. The van der Waals surface area contributed by atoms with E-state index in [1.807, 2.05) is 72.3 Å². The van der Waals surface area contributed by atoms with Gasteiger partial charge in [0, 0.05) is 22.4 Å². The van der Waals surface area contributed by atoms with Gasteiger partial charge in [-0.25, -0.2) is 4.79 Å². The lowest BCUT2D eigenvalue weighted by Crippen LogP contribution is -2.27. The number of carbonyl (C=O) groups is 2. The third kappa shape index (κ3) is 5.07. The van der Waals surface area contributed by atoms with Gasteiger partial charge in [0.05, 0.1) is 12.2 Å². The van der Waals surface area contributed by atoms with Crippen LogP contribution in [0.4, 0.5) is 0 Å². The third-order valence-corrected chi connectivity index (χ3v) is 5.28. The molecular weight excluding hydrogens is 414 g/mol. The van der Waals surface area contributed by atoms with Crippen LogP contribution in [0.3, 0.4) is 0 Å². The Morgan fingerprint density at radius 3 is 2.09 bits per heavy atom. The summed E-state index contributed by atoms with van der Waals surface area (Å²) in [5.74, 6) is -1.71. The van der Waals surface area contributed by atoms with Gasteiger partial charge >= 0.3 is 5.97 Å². The van der Waals surface area contributed by atoms with Gasteiger partial charge in [-0.1, -0.05) is 78.9 Å². The van der Waals surface area contributed by atoms with Crippen LogP contribution in [-0.2, 0) is 11.3 Å². The van der Waals surface area contributed by atoms with Gasteiger partial charge in [0.25, 0.3) is 5.91 Å². The molecule has 0 aliphatic rings. The molecule has 0 bridgehead atoms. The molecular formula is C27H23N3O3. The molecule has 1 aromatic heterocycles. The molecule has 1 heterocycles. The van der Waals surface area contributed by atoms with Crippen molar-refractivity contribution < 1.29 is 14.7 Å². The number of benzene rings is 3. The summed E-state index contributed by atoms with van der Waals surface area (Å²) in [6.07, 6.45) is 1.48. The number of aromatic nitrogens is 2. The van der Waals surface area contributed by atoms with Crippen LogP contribution in [0.15, 0.2) is 96.7 Å². The molecule has 2 N–H and O–H groups in total. The smallest absolute Gasteiger partial charge is 0.352 e. The lowest BCUT2D eigenvalue weighted by Gasteiger charge is -2.07. The maximum atomic E-state index is 12.6. The number of rotatable bonds is 7. The fourth-order valence-corrected chi connectivity index (χ4v) is 3.53. The molecule has 4 rings (SSSR count). The van der Waals surface area contributed by atoms with Crippen molar-refractivity contribution >= 4 is 18.0 Å². The van der Waals surface area contributed by atoms with Gasteiger partial charge in [-0.15, -0.1) is 0 Å².